The smallest absolute Gasteiger partial charge is 0.0615 e. The minimum absolute atomic E-state index is 0.442. The van der Waals surface area contributed by atoms with Crippen LogP contribution in [-0.4, -0.2) is 63.5 Å². The molecular formula is C15H32N2O2. The van der Waals surface area contributed by atoms with Gasteiger partial charge in [-0.2, -0.15) is 0 Å². The van der Waals surface area contributed by atoms with Gasteiger partial charge in [0, 0.05) is 45.4 Å². The molecule has 1 aliphatic rings. The second kappa shape index (κ2) is 9.70. The standard InChI is InChI=1S/C15H32N2O2/c1-5-6-15(11-16-14-7-8-14)17(9-10-18-3)13(2)12-19-4/h13-16H,5-12H2,1-4H3. The summed E-state index contributed by atoms with van der Waals surface area (Å²) in [6.07, 6.45) is 5.16. The Morgan fingerprint density at radius 2 is 2.00 bits per heavy atom. The maximum absolute atomic E-state index is 5.33. The lowest BCUT2D eigenvalue weighted by atomic mass is 10.1. The average molecular weight is 272 g/mol. The van der Waals surface area contributed by atoms with E-state index in [2.05, 4.69) is 24.1 Å². The molecule has 4 heteroatoms. The molecule has 2 atom stereocenters. The first-order chi connectivity index (χ1) is 9.22. The van der Waals surface area contributed by atoms with Crippen LogP contribution in [-0.2, 0) is 9.47 Å². The van der Waals surface area contributed by atoms with Crippen molar-refractivity contribution in [1.82, 2.24) is 10.2 Å². The Bertz CT molecular complexity index is 222. The van der Waals surface area contributed by atoms with Gasteiger partial charge < -0.3 is 14.8 Å². The van der Waals surface area contributed by atoms with Gasteiger partial charge in [0.15, 0.2) is 0 Å². The van der Waals surface area contributed by atoms with E-state index < -0.39 is 0 Å². The van der Waals surface area contributed by atoms with Gasteiger partial charge in [-0.25, -0.2) is 0 Å². The highest BCUT2D eigenvalue weighted by Crippen LogP contribution is 2.20. The third-order valence-electron chi connectivity index (χ3n) is 3.84. The lowest BCUT2D eigenvalue weighted by Gasteiger charge is -2.36. The summed E-state index contributed by atoms with van der Waals surface area (Å²) in [5.74, 6) is 0. The molecule has 1 fully saturated rings. The van der Waals surface area contributed by atoms with Crippen LogP contribution in [0.2, 0.25) is 0 Å². The predicted octanol–water partition coefficient (Wildman–Crippen LogP) is 1.89. The van der Waals surface area contributed by atoms with Crippen LogP contribution in [0.4, 0.5) is 0 Å². The van der Waals surface area contributed by atoms with Gasteiger partial charge in [0.25, 0.3) is 0 Å². The van der Waals surface area contributed by atoms with Crippen molar-refractivity contribution in [3.63, 3.8) is 0 Å². The Labute approximate surface area is 118 Å². The van der Waals surface area contributed by atoms with Gasteiger partial charge in [-0.1, -0.05) is 13.3 Å². The molecule has 1 rings (SSSR count). The summed E-state index contributed by atoms with van der Waals surface area (Å²) < 4.78 is 10.6. The molecule has 114 valence electrons. The number of nitrogens with zero attached hydrogens (tertiary/aromatic N) is 1. The monoisotopic (exact) mass is 272 g/mol. The van der Waals surface area contributed by atoms with E-state index in [1.165, 1.54) is 25.7 Å². The molecule has 0 saturated heterocycles. The molecule has 0 aromatic rings. The van der Waals surface area contributed by atoms with Gasteiger partial charge in [0.05, 0.1) is 13.2 Å². The van der Waals surface area contributed by atoms with Crippen LogP contribution in [0.1, 0.15) is 39.5 Å². The Morgan fingerprint density at radius 3 is 2.53 bits per heavy atom. The van der Waals surface area contributed by atoms with Crippen molar-refractivity contribution in [3.05, 3.63) is 0 Å². The number of hydrogen-bond donors (Lipinski definition) is 1. The molecule has 0 radical (unpaired) electrons. The van der Waals surface area contributed by atoms with Crippen LogP contribution in [0.15, 0.2) is 0 Å². The molecule has 0 aromatic carbocycles. The number of ether oxygens (including phenoxy) is 2. The minimum Gasteiger partial charge on any atom is -0.383 e. The van der Waals surface area contributed by atoms with Crippen molar-refractivity contribution in [1.29, 1.82) is 0 Å². The fourth-order valence-electron chi connectivity index (χ4n) is 2.61. The van der Waals surface area contributed by atoms with Crippen molar-refractivity contribution in [2.75, 3.05) is 40.5 Å². The van der Waals surface area contributed by atoms with Gasteiger partial charge in [0.2, 0.25) is 0 Å². The van der Waals surface area contributed by atoms with Crippen molar-refractivity contribution in [3.8, 4) is 0 Å². The average Bonchev–Trinajstić information content (AvgIpc) is 3.20. The van der Waals surface area contributed by atoms with E-state index in [4.69, 9.17) is 9.47 Å². The third-order valence-corrected chi connectivity index (χ3v) is 3.84. The Morgan fingerprint density at radius 1 is 1.26 bits per heavy atom. The topological polar surface area (TPSA) is 33.7 Å². The Hall–Kier alpha value is -0.160. The number of rotatable bonds is 12. The van der Waals surface area contributed by atoms with E-state index >= 15 is 0 Å². The summed E-state index contributed by atoms with van der Waals surface area (Å²) >= 11 is 0. The highest BCUT2D eigenvalue weighted by molar-refractivity contribution is 4.85. The molecule has 1 saturated carbocycles. The van der Waals surface area contributed by atoms with Crippen LogP contribution < -0.4 is 5.32 Å². The normalized spacial score (nSPS) is 18.8. The molecule has 0 aromatic heterocycles. The maximum Gasteiger partial charge on any atom is 0.0615 e. The maximum atomic E-state index is 5.33. The second-order valence-corrected chi connectivity index (χ2v) is 5.66. The first-order valence-corrected chi connectivity index (χ1v) is 7.69. The van der Waals surface area contributed by atoms with E-state index in [-0.39, 0.29) is 0 Å². The lowest BCUT2D eigenvalue weighted by Crippen LogP contribution is -2.50. The Kier molecular flexibility index (Phi) is 8.62. The van der Waals surface area contributed by atoms with Gasteiger partial charge in [-0.15, -0.1) is 0 Å². The fourth-order valence-corrected chi connectivity index (χ4v) is 2.61. The van der Waals surface area contributed by atoms with Crippen molar-refractivity contribution in [2.24, 2.45) is 0 Å². The molecule has 4 nitrogen and oxygen atoms in total. The quantitative estimate of drug-likeness (QED) is 0.588. The predicted molar refractivity (Wildman–Crippen MR) is 79.6 cm³/mol. The molecule has 0 heterocycles. The summed E-state index contributed by atoms with van der Waals surface area (Å²) in [7, 11) is 3.55. The molecule has 2 unspecified atom stereocenters. The molecule has 0 bridgehead atoms. The van der Waals surface area contributed by atoms with E-state index in [0.29, 0.717) is 12.1 Å². The Balaban J connectivity index is 2.51. The molecule has 19 heavy (non-hydrogen) atoms. The first-order valence-electron chi connectivity index (χ1n) is 7.69. The van der Waals surface area contributed by atoms with Crippen LogP contribution >= 0.6 is 0 Å². The zero-order chi connectivity index (χ0) is 14.1. The molecular weight excluding hydrogens is 240 g/mol. The van der Waals surface area contributed by atoms with Crippen molar-refractivity contribution < 1.29 is 9.47 Å². The van der Waals surface area contributed by atoms with Gasteiger partial charge >= 0.3 is 0 Å². The molecule has 0 spiro atoms. The number of nitrogens with one attached hydrogen (secondary N) is 1. The summed E-state index contributed by atoms with van der Waals surface area (Å²) in [4.78, 5) is 2.55. The van der Waals surface area contributed by atoms with E-state index in [1.54, 1.807) is 14.2 Å². The van der Waals surface area contributed by atoms with Gasteiger partial charge in [-0.3, -0.25) is 4.90 Å². The van der Waals surface area contributed by atoms with Crippen molar-refractivity contribution >= 4 is 0 Å². The third kappa shape index (κ3) is 6.70. The van der Waals surface area contributed by atoms with Gasteiger partial charge in [-0.05, 0) is 26.2 Å². The zero-order valence-electron chi connectivity index (χ0n) is 13.2. The molecule has 1 aliphatic carbocycles. The van der Waals surface area contributed by atoms with Crippen LogP contribution in [0, 0.1) is 0 Å². The summed E-state index contributed by atoms with van der Waals surface area (Å²) in [5, 5.41) is 3.67. The highest BCUT2D eigenvalue weighted by atomic mass is 16.5. The van der Waals surface area contributed by atoms with Crippen LogP contribution in [0.5, 0.6) is 0 Å². The number of methoxy groups -OCH3 is 2. The summed E-state index contributed by atoms with van der Waals surface area (Å²) in [6.45, 7) is 8.16. The lowest BCUT2D eigenvalue weighted by molar-refractivity contribution is 0.0438. The number of hydrogen-bond acceptors (Lipinski definition) is 4. The van der Waals surface area contributed by atoms with E-state index in [9.17, 15) is 0 Å². The van der Waals surface area contributed by atoms with E-state index in [1.807, 2.05) is 0 Å². The summed E-state index contributed by atoms with van der Waals surface area (Å²) in [6, 6.07) is 1.81. The van der Waals surface area contributed by atoms with Gasteiger partial charge in [0.1, 0.15) is 0 Å². The minimum atomic E-state index is 0.442. The largest absolute Gasteiger partial charge is 0.383 e. The van der Waals surface area contributed by atoms with Crippen LogP contribution in [0.25, 0.3) is 0 Å². The second-order valence-electron chi connectivity index (χ2n) is 5.66. The zero-order valence-corrected chi connectivity index (χ0v) is 13.2. The fraction of sp³-hybridized carbons (Fsp3) is 1.00. The first kappa shape index (κ1) is 16.9. The molecule has 0 amide bonds. The molecule has 0 aliphatic heterocycles. The SMILES string of the molecule is CCCC(CNC1CC1)N(CCOC)C(C)COC. The molecule has 1 N–H and O–H groups in total. The van der Waals surface area contributed by atoms with Crippen LogP contribution in [0.3, 0.4) is 0 Å². The highest BCUT2D eigenvalue weighted by Gasteiger charge is 2.26. The van der Waals surface area contributed by atoms with Crippen molar-refractivity contribution in [2.45, 2.75) is 57.7 Å². The van der Waals surface area contributed by atoms with E-state index in [0.717, 1.165) is 32.3 Å². The summed E-state index contributed by atoms with van der Waals surface area (Å²) in [5.41, 5.74) is 0.